The SMILES string of the molecule is COCC(I)(CCl)COC. The first-order valence-corrected chi connectivity index (χ1v) is 4.52. The van der Waals surface area contributed by atoms with Crippen LogP contribution < -0.4 is 0 Å². The van der Waals surface area contributed by atoms with Crippen LogP contribution in [0.4, 0.5) is 0 Å². The van der Waals surface area contributed by atoms with Gasteiger partial charge in [0.05, 0.1) is 16.6 Å². The first-order chi connectivity index (χ1) is 4.68. The number of halogens is 2. The molecule has 0 aliphatic rings. The van der Waals surface area contributed by atoms with Crippen LogP contribution in [0.3, 0.4) is 0 Å². The molecule has 4 heteroatoms. The largest absolute Gasteiger partial charge is 0.383 e. The predicted molar refractivity (Wildman–Crippen MR) is 51.2 cm³/mol. The van der Waals surface area contributed by atoms with Gasteiger partial charge in [0.25, 0.3) is 0 Å². The summed E-state index contributed by atoms with van der Waals surface area (Å²) in [6.07, 6.45) is 0. The molecule has 0 amide bonds. The number of alkyl halides is 2. The summed E-state index contributed by atoms with van der Waals surface area (Å²) in [6.45, 7) is 1.26. The Morgan fingerprint density at radius 2 is 1.70 bits per heavy atom. The summed E-state index contributed by atoms with van der Waals surface area (Å²) >= 11 is 7.96. The number of hydrogen-bond donors (Lipinski definition) is 0. The summed E-state index contributed by atoms with van der Waals surface area (Å²) in [6, 6.07) is 0. The van der Waals surface area contributed by atoms with Crippen molar-refractivity contribution in [3.8, 4) is 0 Å². The monoisotopic (exact) mass is 278 g/mol. The zero-order valence-corrected chi connectivity index (χ0v) is 9.11. The molecule has 2 nitrogen and oxygen atoms in total. The fourth-order valence-corrected chi connectivity index (χ4v) is 1.41. The lowest BCUT2D eigenvalue weighted by Crippen LogP contribution is -2.34. The lowest BCUT2D eigenvalue weighted by Gasteiger charge is -2.22. The standard InChI is InChI=1S/C6H12ClIO2/c1-9-4-6(8,3-7)5-10-2/h3-5H2,1-2H3. The van der Waals surface area contributed by atoms with Crippen LogP contribution in [0.1, 0.15) is 0 Å². The lowest BCUT2D eigenvalue weighted by molar-refractivity contribution is 0.118. The highest BCUT2D eigenvalue weighted by molar-refractivity contribution is 14.1. The van der Waals surface area contributed by atoms with Crippen molar-refractivity contribution in [1.82, 2.24) is 0 Å². The van der Waals surface area contributed by atoms with Crippen LogP contribution >= 0.6 is 34.2 Å². The van der Waals surface area contributed by atoms with Gasteiger partial charge in [0, 0.05) is 20.1 Å². The van der Waals surface area contributed by atoms with E-state index in [0.29, 0.717) is 19.1 Å². The van der Waals surface area contributed by atoms with E-state index >= 15 is 0 Å². The van der Waals surface area contributed by atoms with E-state index in [2.05, 4.69) is 22.6 Å². The van der Waals surface area contributed by atoms with Crippen LogP contribution in [0.15, 0.2) is 0 Å². The molecule has 10 heavy (non-hydrogen) atoms. The van der Waals surface area contributed by atoms with Crippen molar-refractivity contribution in [2.75, 3.05) is 33.3 Å². The normalized spacial score (nSPS) is 12.0. The second-order valence-corrected chi connectivity index (χ2v) is 4.71. The second-order valence-electron chi connectivity index (χ2n) is 2.15. The van der Waals surface area contributed by atoms with Gasteiger partial charge < -0.3 is 9.47 Å². The van der Waals surface area contributed by atoms with Gasteiger partial charge >= 0.3 is 0 Å². The van der Waals surface area contributed by atoms with E-state index in [4.69, 9.17) is 21.1 Å². The minimum absolute atomic E-state index is 0.0667. The van der Waals surface area contributed by atoms with Gasteiger partial charge in [0.1, 0.15) is 0 Å². The fourth-order valence-electron chi connectivity index (χ4n) is 0.636. The Morgan fingerprint density at radius 3 is 1.90 bits per heavy atom. The van der Waals surface area contributed by atoms with Crippen molar-refractivity contribution in [2.45, 2.75) is 3.42 Å². The zero-order chi connectivity index (χ0) is 8.04. The Labute approximate surface area is 80.4 Å². The van der Waals surface area contributed by atoms with Gasteiger partial charge in [-0.15, -0.1) is 11.6 Å². The molecule has 0 aromatic carbocycles. The van der Waals surface area contributed by atoms with Crippen LogP contribution in [0.2, 0.25) is 0 Å². The van der Waals surface area contributed by atoms with Gasteiger partial charge in [-0.3, -0.25) is 0 Å². The smallest absolute Gasteiger partial charge is 0.0822 e. The third-order valence-corrected chi connectivity index (χ3v) is 3.01. The van der Waals surface area contributed by atoms with Crippen molar-refractivity contribution in [1.29, 1.82) is 0 Å². The van der Waals surface area contributed by atoms with Gasteiger partial charge in [-0.2, -0.15) is 0 Å². The molecule has 0 spiro atoms. The Bertz CT molecular complexity index is 83.8. The molecule has 0 radical (unpaired) electrons. The van der Waals surface area contributed by atoms with Gasteiger partial charge in [-0.25, -0.2) is 0 Å². The summed E-state index contributed by atoms with van der Waals surface area (Å²) in [4.78, 5) is 0. The molecule has 0 bridgehead atoms. The van der Waals surface area contributed by atoms with Gasteiger partial charge in [0.2, 0.25) is 0 Å². The minimum atomic E-state index is -0.0667. The first kappa shape index (κ1) is 10.9. The number of rotatable bonds is 5. The third-order valence-electron chi connectivity index (χ3n) is 1.05. The Hall–Kier alpha value is 0.940. The van der Waals surface area contributed by atoms with E-state index in [1.807, 2.05) is 0 Å². The molecular formula is C6H12ClIO2. The number of methoxy groups -OCH3 is 2. The summed E-state index contributed by atoms with van der Waals surface area (Å²) in [5.41, 5.74) is 0. The molecule has 0 saturated carbocycles. The fraction of sp³-hybridized carbons (Fsp3) is 1.00. The summed E-state index contributed by atoms with van der Waals surface area (Å²) in [5.74, 6) is 0.551. The maximum atomic E-state index is 5.70. The summed E-state index contributed by atoms with van der Waals surface area (Å²) in [7, 11) is 3.32. The van der Waals surface area contributed by atoms with Crippen molar-refractivity contribution < 1.29 is 9.47 Å². The predicted octanol–water partition coefficient (Wildman–Crippen LogP) is 1.69. The van der Waals surface area contributed by atoms with E-state index in [9.17, 15) is 0 Å². The third kappa shape index (κ3) is 3.95. The molecule has 0 atom stereocenters. The molecule has 0 rings (SSSR count). The van der Waals surface area contributed by atoms with E-state index in [0.717, 1.165) is 0 Å². The molecule has 0 aromatic rings. The van der Waals surface area contributed by atoms with Crippen molar-refractivity contribution in [3.63, 3.8) is 0 Å². The maximum Gasteiger partial charge on any atom is 0.0822 e. The lowest BCUT2D eigenvalue weighted by atomic mass is 10.2. The molecular weight excluding hydrogens is 266 g/mol. The molecule has 0 heterocycles. The molecule has 0 fully saturated rings. The van der Waals surface area contributed by atoms with Crippen molar-refractivity contribution in [2.24, 2.45) is 0 Å². The first-order valence-electron chi connectivity index (χ1n) is 2.91. The molecule has 0 saturated heterocycles. The van der Waals surface area contributed by atoms with Gasteiger partial charge in [-0.05, 0) is 0 Å². The number of hydrogen-bond acceptors (Lipinski definition) is 2. The zero-order valence-electron chi connectivity index (χ0n) is 6.19. The molecule has 62 valence electrons. The molecule has 0 unspecified atom stereocenters. The summed E-state index contributed by atoms with van der Waals surface area (Å²) in [5, 5.41) is 0. The Morgan fingerprint density at radius 1 is 1.30 bits per heavy atom. The summed E-state index contributed by atoms with van der Waals surface area (Å²) < 4.78 is 9.89. The highest BCUT2D eigenvalue weighted by Gasteiger charge is 2.25. The van der Waals surface area contributed by atoms with E-state index in [-0.39, 0.29) is 3.42 Å². The van der Waals surface area contributed by atoms with Gasteiger partial charge in [0.15, 0.2) is 0 Å². The molecule has 0 aliphatic carbocycles. The average Bonchev–Trinajstić information content (AvgIpc) is 1.89. The van der Waals surface area contributed by atoms with E-state index in [1.54, 1.807) is 14.2 Å². The Kier molecular flexibility index (Phi) is 6.10. The van der Waals surface area contributed by atoms with Crippen LogP contribution in [0.5, 0.6) is 0 Å². The second kappa shape index (κ2) is 5.57. The van der Waals surface area contributed by atoms with Crippen LogP contribution in [0.25, 0.3) is 0 Å². The van der Waals surface area contributed by atoms with Crippen molar-refractivity contribution in [3.05, 3.63) is 0 Å². The average molecular weight is 279 g/mol. The quantitative estimate of drug-likeness (QED) is 0.563. The van der Waals surface area contributed by atoms with E-state index in [1.165, 1.54) is 0 Å². The van der Waals surface area contributed by atoms with E-state index < -0.39 is 0 Å². The van der Waals surface area contributed by atoms with Crippen LogP contribution in [-0.2, 0) is 9.47 Å². The molecule has 0 N–H and O–H groups in total. The maximum absolute atomic E-state index is 5.70. The highest BCUT2D eigenvalue weighted by atomic mass is 127. The molecule has 0 aromatic heterocycles. The molecule has 0 aliphatic heterocycles. The Balaban J connectivity index is 3.69. The highest BCUT2D eigenvalue weighted by Crippen LogP contribution is 2.21. The number of ether oxygens (including phenoxy) is 2. The minimum Gasteiger partial charge on any atom is -0.383 e. The van der Waals surface area contributed by atoms with Crippen LogP contribution in [0, 0.1) is 0 Å². The van der Waals surface area contributed by atoms with Crippen molar-refractivity contribution >= 4 is 34.2 Å². The van der Waals surface area contributed by atoms with Gasteiger partial charge in [-0.1, -0.05) is 22.6 Å². The topological polar surface area (TPSA) is 18.5 Å². The van der Waals surface area contributed by atoms with Crippen LogP contribution in [-0.4, -0.2) is 36.7 Å².